The number of hydrogen-bond donors (Lipinski definition) is 0. The summed E-state index contributed by atoms with van der Waals surface area (Å²) in [5.74, 6) is 0. The molecule has 0 atom stereocenters. The Morgan fingerprint density at radius 3 is 1.67 bits per heavy atom. The molecule has 0 unspecified atom stereocenters. The average Bonchev–Trinajstić information content (AvgIpc) is 1.76. The Kier molecular flexibility index (Phi) is 4.79. The van der Waals surface area contributed by atoms with Crippen molar-refractivity contribution in [1.29, 1.82) is 0 Å². The van der Waals surface area contributed by atoms with Crippen molar-refractivity contribution in [2.24, 2.45) is 0 Å². The van der Waals surface area contributed by atoms with E-state index in [2.05, 4.69) is 0 Å². The van der Waals surface area contributed by atoms with Gasteiger partial charge in [-0.3, -0.25) is 0 Å². The van der Waals surface area contributed by atoms with Crippen molar-refractivity contribution in [2.75, 3.05) is 0 Å². The van der Waals surface area contributed by atoms with Gasteiger partial charge in [0.15, 0.2) is 0 Å². The first-order valence-corrected chi connectivity index (χ1v) is 2.41. The molecule has 1 heterocycles. The van der Waals surface area contributed by atoms with E-state index in [9.17, 15) is 0 Å². The van der Waals surface area contributed by atoms with Crippen LogP contribution in [-0.2, 0) is 0 Å². The van der Waals surface area contributed by atoms with Crippen LogP contribution in [0.1, 0.15) is 0 Å². The van der Waals surface area contributed by atoms with Gasteiger partial charge in [-0.15, -0.1) is 0 Å². The Morgan fingerprint density at radius 1 is 1.00 bits per heavy atom. The van der Waals surface area contributed by atoms with E-state index in [0.29, 0.717) is 0 Å². The average molecular weight is 124 g/mol. The topological polar surface area (TPSA) is 0 Å². The molecule has 0 aliphatic carbocycles. The fraction of sp³-hybridized carbons (Fsp3) is 0. The minimum absolute atomic E-state index is 0. The van der Waals surface area contributed by atoms with Gasteiger partial charge in [-0.25, -0.2) is 0 Å². The van der Waals surface area contributed by atoms with Crippen LogP contribution < -0.4 is 0 Å². The second-order valence-electron chi connectivity index (χ2n) is 0.793. The fourth-order valence-corrected chi connectivity index (χ4v) is 0.680. The summed E-state index contributed by atoms with van der Waals surface area (Å²) in [6.45, 7) is 0. The normalized spacial score (nSPS) is 6.67. The molecule has 0 N–H and O–H groups in total. The first-order valence-electron chi connectivity index (χ1n) is 1.47. The summed E-state index contributed by atoms with van der Waals surface area (Å²) < 4.78 is 0. The maximum absolute atomic E-state index is 2.04. The molecule has 1 aromatic rings. The summed E-state index contributed by atoms with van der Waals surface area (Å²) in [5, 5.41) is 4.08. The fourth-order valence-electron chi connectivity index (χ4n) is 0.227. The molecule has 0 spiro atoms. The summed E-state index contributed by atoms with van der Waals surface area (Å²) in [5.41, 5.74) is 0. The van der Waals surface area contributed by atoms with E-state index in [4.69, 9.17) is 0 Å². The van der Waals surface area contributed by atoms with E-state index < -0.39 is 0 Å². The Balaban J connectivity index is 0.000000250. The molecule has 0 radical (unpaired) electrons. The summed E-state index contributed by atoms with van der Waals surface area (Å²) in [7, 11) is 0. The molecule has 2 heteroatoms. The molecule has 1 rings (SSSR count). The summed E-state index contributed by atoms with van der Waals surface area (Å²) in [6.07, 6.45) is 0. The number of hydrogen-bond acceptors (Lipinski definition) is 1. The minimum atomic E-state index is 0. The number of thiophene rings is 1. The van der Waals surface area contributed by atoms with Gasteiger partial charge >= 0.3 is 0 Å². The van der Waals surface area contributed by atoms with Crippen LogP contribution in [0, 0.1) is 37.7 Å². The standard InChI is InChI=1S/C4H4S.Ar/c1-2-4-5-3-1;/h1-4H;. The van der Waals surface area contributed by atoms with Crippen LogP contribution >= 0.6 is 11.3 Å². The Hall–Kier alpha value is 0.960. The monoisotopic (exact) mass is 124 g/mol. The summed E-state index contributed by atoms with van der Waals surface area (Å²) in [4.78, 5) is 0. The van der Waals surface area contributed by atoms with E-state index in [1.165, 1.54) is 0 Å². The van der Waals surface area contributed by atoms with Crippen molar-refractivity contribution in [3.63, 3.8) is 0 Å². The van der Waals surface area contributed by atoms with Crippen molar-refractivity contribution in [3.8, 4) is 0 Å². The van der Waals surface area contributed by atoms with Gasteiger partial charge in [0, 0.05) is 37.7 Å². The molecule has 0 nitrogen and oxygen atoms in total. The van der Waals surface area contributed by atoms with Gasteiger partial charge in [0.1, 0.15) is 0 Å². The molecular weight excluding hydrogens is 120 g/mol. The second kappa shape index (κ2) is 4.13. The zero-order valence-electron chi connectivity index (χ0n) is 3.07. The molecule has 0 aliphatic heterocycles. The first kappa shape index (κ1) is 6.96. The third-order valence-corrected chi connectivity index (χ3v) is 1.05. The van der Waals surface area contributed by atoms with Gasteiger partial charge < -0.3 is 0 Å². The molecular formula is C4H4ArS. The van der Waals surface area contributed by atoms with Crippen LogP contribution in [-0.4, -0.2) is 0 Å². The molecule has 1 aromatic heterocycles. The van der Waals surface area contributed by atoms with Crippen molar-refractivity contribution in [2.45, 2.75) is 0 Å². The van der Waals surface area contributed by atoms with Gasteiger partial charge in [0.25, 0.3) is 0 Å². The van der Waals surface area contributed by atoms with E-state index in [1.807, 2.05) is 22.9 Å². The molecule has 34 valence electrons. The maximum Gasteiger partial charge on any atom is 0 e. The molecule has 0 saturated heterocycles. The van der Waals surface area contributed by atoms with Crippen molar-refractivity contribution in [1.82, 2.24) is 0 Å². The molecule has 6 heavy (non-hydrogen) atoms. The molecule has 0 amide bonds. The zero-order valence-corrected chi connectivity index (χ0v) is 4.59. The SMILES string of the molecule is [Ar].c1ccsc1. The molecule has 0 saturated carbocycles. The summed E-state index contributed by atoms with van der Waals surface area (Å²) in [6, 6.07) is 4.04. The van der Waals surface area contributed by atoms with Crippen LogP contribution in [0.2, 0.25) is 0 Å². The third kappa shape index (κ3) is 2.19. The first-order chi connectivity index (χ1) is 2.50. The minimum Gasteiger partial charge on any atom is -0.152 e. The maximum atomic E-state index is 2.04. The zero-order chi connectivity index (χ0) is 3.54. The van der Waals surface area contributed by atoms with Crippen LogP contribution in [0.4, 0.5) is 0 Å². The summed E-state index contributed by atoms with van der Waals surface area (Å²) >= 11 is 1.71. The van der Waals surface area contributed by atoms with Gasteiger partial charge in [-0.05, 0) is 10.8 Å². The van der Waals surface area contributed by atoms with Crippen molar-refractivity contribution < 1.29 is 37.7 Å². The van der Waals surface area contributed by atoms with E-state index in [0.717, 1.165) is 0 Å². The Morgan fingerprint density at radius 2 is 1.50 bits per heavy atom. The van der Waals surface area contributed by atoms with Crippen LogP contribution in [0.15, 0.2) is 22.9 Å². The molecule has 0 aliphatic rings. The molecule has 0 fully saturated rings. The predicted molar refractivity (Wildman–Crippen MR) is 24.3 cm³/mol. The van der Waals surface area contributed by atoms with Gasteiger partial charge in [-0.2, -0.15) is 11.3 Å². The van der Waals surface area contributed by atoms with Crippen LogP contribution in [0.25, 0.3) is 0 Å². The van der Waals surface area contributed by atoms with Gasteiger partial charge in [-0.1, -0.05) is 12.1 Å². The molecule has 0 aromatic carbocycles. The Labute approximate surface area is 71.2 Å². The largest absolute Gasteiger partial charge is 0.152 e. The van der Waals surface area contributed by atoms with Gasteiger partial charge in [0.2, 0.25) is 0 Å². The van der Waals surface area contributed by atoms with Gasteiger partial charge in [0.05, 0.1) is 0 Å². The van der Waals surface area contributed by atoms with E-state index >= 15 is 0 Å². The Bertz CT molecular complexity index is 64.0. The smallest absolute Gasteiger partial charge is 0 e. The van der Waals surface area contributed by atoms with Crippen molar-refractivity contribution in [3.05, 3.63) is 22.9 Å². The predicted octanol–water partition coefficient (Wildman–Crippen LogP) is 1.75. The number of rotatable bonds is 0. The molecule has 0 bridgehead atoms. The third-order valence-electron chi connectivity index (χ3n) is 0.425. The van der Waals surface area contributed by atoms with Crippen LogP contribution in [0.5, 0.6) is 0 Å². The quantitative estimate of drug-likeness (QED) is 0.494. The van der Waals surface area contributed by atoms with E-state index in [-0.39, 0.29) is 37.7 Å². The second-order valence-corrected chi connectivity index (χ2v) is 1.61. The van der Waals surface area contributed by atoms with Crippen LogP contribution in [0.3, 0.4) is 0 Å². The van der Waals surface area contributed by atoms with E-state index in [1.54, 1.807) is 11.3 Å². The van der Waals surface area contributed by atoms with Crippen molar-refractivity contribution >= 4 is 11.3 Å².